The molecule has 0 aliphatic carbocycles. The number of nitrogens with two attached hydrogens (primary N) is 1. The van der Waals surface area contributed by atoms with Crippen LogP contribution in [0.5, 0.6) is 0 Å². The molecule has 0 rings (SSSR count). The first-order valence-corrected chi connectivity index (χ1v) is 9.65. The van der Waals surface area contributed by atoms with E-state index in [0.29, 0.717) is 12.8 Å². The van der Waals surface area contributed by atoms with Gasteiger partial charge in [-0.2, -0.15) is 8.42 Å². The fraction of sp³-hybridized carbons (Fsp3) is 1.00. The Balaban J connectivity index is 0. The first kappa shape index (κ1) is 24.1. The Morgan fingerprint density at radius 2 is 1.33 bits per heavy atom. The van der Waals surface area contributed by atoms with E-state index in [1.54, 1.807) is 0 Å². The Labute approximate surface area is 154 Å². The predicted molar refractivity (Wildman–Crippen MR) is 92.1 cm³/mol. The molecule has 6 heteroatoms. The second-order valence-corrected chi connectivity index (χ2v) is 7.30. The summed E-state index contributed by atoms with van der Waals surface area (Å²) in [7, 11) is -3.55. The molecule has 0 saturated heterocycles. The Hall–Kier alpha value is 0.870. The molecule has 0 aromatic heterocycles. The van der Waals surface area contributed by atoms with E-state index in [0.717, 1.165) is 12.8 Å². The van der Waals surface area contributed by atoms with E-state index in [-0.39, 0.29) is 36.2 Å². The molecule has 21 heavy (non-hydrogen) atoms. The molecule has 0 aliphatic heterocycles. The molecule has 1 unspecified atom stereocenters. The second kappa shape index (κ2) is 15.8. The summed E-state index contributed by atoms with van der Waals surface area (Å²) < 4.78 is 28.0. The summed E-state index contributed by atoms with van der Waals surface area (Å²) in [5.41, 5.74) is 5.68. The number of hydrogen-bond acceptors (Lipinski definition) is 4. The predicted octanol–water partition coefficient (Wildman–Crippen LogP) is 3.30. The fourth-order valence-electron chi connectivity index (χ4n) is 2.09. The van der Waals surface area contributed by atoms with Gasteiger partial charge in [0.25, 0.3) is 10.1 Å². The average molecular weight is 331 g/mol. The normalized spacial score (nSPS) is 12.9. The van der Waals surface area contributed by atoms with Crippen LogP contribution in [-0.4, -0.2) is 50.0 Å². The van der Waals surface area contributed by atoms with Crippen molar-refractivity contribution in [2.75, 3.05) is 6.61 Å². The van der Waals surface area contributed by atoms with Crippen LogP contribution in [0.3, 0.4) is 0 Å². The number of rotatable bonds is 14. The summed E-state index contributed by atoms with van der Waals surface area (Å²) in [4.78, 5) is 0. The summed E-state index contributed by atoms with van der Waals surface area (Å²) in [5.74, 6) is 0. The van der Waals surface area contributed by atoms with Crippen molar-refractivity contribution >= 4 is 39.7 Å². The van der Waals surface area contributed by atoms with Crippen molar-refractivity contribution in [3.63, 3.8) is 0 Å². The Morgan fingerprint density at radius 3 is 1.81 bits per heavy atom. The first-order valence-electron chi connectivity index (χ1n) is 8.18. The molecule has 0 aromatic rings. The molecule has 0 radical (unpaired) electrons. The molecule has 0 aromatic carbocycles. The molecule has 1 atom stereocenters. The minimum absolute atomic E-state index is 0. The van der Waals surface area contributed by atoms with Crippen LogP contribution in [0.15, 0.2) is 0 Å². The zero-order valence-corrected chi connectivity index (χ0v) is 14.1. The van der Waals surface area contributed by atoms with Gasteiger partial charge in [0.2, 0.25) is 0 Å². The molecule has 0 amide bonds. The molecule has 0 saturated carbocycles. The van der Waals surface area contributed by atoms with Crippen LogP contribution in [0, 0.1) is 0 Å². The summed E-state index contributed by atoms with van der Waals surface area (Å²) in [5, 5.41) is -0.862. The number of hydrogen-bond donors (Lipinski definition) is 1. The maximum absolute atomic E-state index is 11.6. The molecular weight excluding hydrogens is 297 g/mol. The molecular formula is C15H34NNaO3S. The van der Waals surface area contributed by atoms with Crippen molar-refractivity contribution in [2.24, 2.45) is 5.73 Å². The summed E-state index contributed by atoms with van der Waals surface area (Å²) in [6, 6.07) is 0. The Kier molecular flexibility index (Phi) is 18.1. The van der Waals surface area contributed by atoms with Crippen LogP contribution in [0.2, 0.25) is 0 Å². The third kappa shape index (κ3) is 14.2. The molecule has 124 valence electrons. The van der Waals surface area contributed by atoms with Gasteiger partial charge in [-0.1, -0.05) is 71.6 Å². The molecule has 4 nitrogen and oxygen atoms in total. The van der Waals surface area contributed by atoms with Crippen molar-refractivity contribution < 1.29 is 12.6 Å². The third-order valence-electron chi connectivity index (χ3n) is 3.41. The van der Waals surface area contributed by atoms with Gasteiger partial charge in [0.15, 0.2) is 0 Å². The van der Waals surface area contributed by atoms with Crippen molar-refractivity contribution in [3.8, 4) is 0 Å². The van der Waals surface area contributed by atoms with Crippen LogP contribution < -0.4 is 5.73 Å². The number of unbranched alkanes of at least 4 members (excludes halogenated alkanes) is 8. The van der Waals surface area contributed by atoms with E-state index in [1.807, 2.05) is 6.92 Å². The minimum atomic E-state index is -3.55. The zero-order chi connectivity index (χ0) is 15.3. The van der Waals surface area contributed by atoms with Crippen LogP contribution >= 0.6 is 0 Å². The van der Waals surface area contributed by atoms with Crippen molar-refractivity contribution in [1.29, 1.82) is 0 Å². The third-order valence-corrected chi connectivity index (χ3v) is 4.89. The van der Waals surface area contributed by atoms with Gasteiger partial charge in [-0.15, -0.1) is 0 Å². The van der Waals surface area contributed by atoms with Gasteiger partial charge >= 0.3 is 29.6 Å². The van der Waals surface area contributed by atoms with Crippen LogP contribution in [-0.2, 0) is 14.3 Å². The second-order valence-electron chi connectivity index (χ2n) is 5.47. The standard InChI is InChI=1S/C15H33NO3S.Na.H/c1-3-5-6-7-8-9-10-11-12-13-15(16)20(17,18)19-14-4-2;;/h15H,3-14,16H2,1-2H3;;. The molecule has 2 N–H and O–H groups in total. The van der Waals surface area contributed by atoms with Crippen LogP contribution in [0.1, 0.15) is 84.5 Å². The van der Waals surface area contributed by atoms with E-state index in [1.165, 1.54) is 44.9 Å². The maximum atomic E-state index is 11.6. The van der Waals surface area contributed by atoms with Gasteiger partial charge in [0.1, 0.15) is 5.37 Å². The van der Waals surface area contributed by atoms with Crippen molar-refractivity contribution in [3.05, 3.63) is 0 Å². The van der Waals surface area contributed by atoms with E-state index in [2.05, 4.69) is 6.92 Å². The Morgan fingerprint density at radius 1 is 0.857 bits per heavy atom. The van der Waals surface area contributed by atoms with E-state index in [9.17, 15) is 8.42 Å². The quantitative estimate of drug-likeness (QED) is 0.301. The molecule has 0 fully saturated rings. The monoisotopic (exact) mass is 331 g/mol. The van der Waals surface area contributed by atoms with E-state index >= 15 is 0 Å². The average Bonchev–Trinajstić information content (AvgIpc) is 2.43. The fourth-order valence-corrected chi connectivity index (χ4v) is 3.12. The van der Waals surface area contributed by atoms with E-state index < -0.39 is 15.5 Å². The summed E-state index contributed by atoms with van der Waals surface area (Å²) in [6.45, 7) is 4.33. The van der Waals surface area contributed by atoms with E-state index in [4.69, 9.17) is 9.92 Å². The van der Waals surface area contributed by atoms with Gasteiger partial charge in [-0.3, -0.25) is 4.18 Å². The first-order chi connectivity index (χ1) is 9.54. The van der Waals surface area contributed by atoms with Crippen molar-refractivity contribution in [1.82, 2.24) is 0 Å². The topological polar surface area (TPSA) is 69.4 Å². The summed E-state index contributed by atoms with van der Waals surface area (Å²) >= 11 is 0. The van der Waals surface area contributed by atoms with Gasteiger partial charge in [0, 0.05) is 0 Å². The Bertz CT molecular complexity index is 310. The van der Waals surface area contributed by atoms with Crippen LogP contribution in [0.4, 0.5) is 0 Å². The van der Waals surface area contributed by atoms with Gasteiger partial charge < -0.3 is 5.73 Å². The van der Waals surface area contributed by atoms with Gasteiger partial charge in [0.05, 0.1) is 6.61 Å². The molecule has 0 bridgehead atoms. The molecule has 0 heterocycles. The van der Waals surface area contributed by atoms with Crippen LogP contribution in [0.25, 0.3) is 0 Å². The molecule has 0 aliphatic rings. The SMILES string of the molecule is CCCCCCCCCCCC(N)S(=O)(=O)OCCC.[NaH]. The summed E-state index contributed by atoms with van der Waals surface area (Å²) in [6.07, 6.45) is 12.1. The zero-order valence-electron chi connectivity index (χ0n) is 13.3. The van der Waals surface area contributed by atoms with Crippen molar-refractivity contribution in [2.45, 2.75) is 89.9 Å². The van der Waals surface area contributed by atoms with Gasteiger partial charge in [-0.25, -0.2) is 0 Å². The van der Waals surface area contributed by atoms with Gasteiger partial charge in [-0.05, 0) is 12.8 Å². The molecule has 0 spiro atoms.